The standard InChI is InChI=1S/C22H20N4O/c1-15-6-8-17(9-7-15)20-14-24-22(23)26(20)25-13-19-10-11-21(27-19)18-5-3-4-16(2)12-18/h3-14H,1-2H3,(H2,23,24). The van der Waals surface area contributed by atoms with Crippen molar-refractivity contribution in [3.8, 4) is 22.6 Å². The van der Waals surface area contributed by atoms with Crippen molar-refractivity contribution in [1.82, 2.24) is 9.66 Å². The Bertz CT molecular complexity index is 1100. The molecule has 2 N–H and O–H groups in total. The number of nitrogens with zero attached hydrogens (tertiary/aromatic N) is 3. The molecule has 0 bridgehead atoms. The van der Waals surface area contributed by atoms with Gasteiger partial charge < -0.3 is 10.2 Å². The first-order valence-corrected chi connectivity index (χ1v) is 8.71. The largest absolute Gasteiger partial charge is 0.455 e. The molecule has 0 unspecified atom stereocenters. The third-order valence-corrected chi connectivity index (χ3v) is 4.34. The first-order chi connectivity index (χ1) is 13.1. The van der Waals surface area contributed by atoms with Gasteiger partial charge in [-0.05, 0) is 32.0 Å². The van der Waals surface area contributed by atoms with Crippen LogP contribution < -0.4 is 5.73 Å². The van der Waals surface area contributed by atoms with Crippen LogP contribution in [-0.4, -0.2) is 15.9 Å². The molecule has 0 amide bonds. The third kappa shape index (κ3) is 3.53. The second-order valence-corrected chi connectivity index (χ2v) is 6.50. The van der Waals surface area contributed by atoms with Crippen LogP contribution in [0.15, 0.2) is 76.4 Å². The maximum Gasteiger partial charge on any atom is 0.221 e. The van der Waals surface area contributed by atoms with Crippen molar-refractivity contribution in [2.24, 2.45) is 5.10 Å². The van der Waals surface area contributed by atoms with E-state index in [1.165, 1.54) is 11.1 Å². The van der Waals surface area contributed by atoms with Crippen molar-refractivity contribution < 1.29 is 4.42 Å². The number of hydrogen-bond donors (Lipinski definition) is 1. The number of aryl methyl sites for hydroxylation is 2. The van der Waals surface area contributed by atoms with Gasteiger partial charge in [-0.15, -0.1) is 0 Å². The summed E-state index contributed by atoms with van der Waals surface area (Å²) in [4.78, 5) is 4.19. The van der Waals surface area contributed by atoms with Crippen LogP contribution in [0.5, 0.6) is 0 Å². The number of nitrogen functional groups attached to an aromatic ring is 1. The van der Waals surface area contributed by atoms with Crippen LogP contribution in [0.2, 0.25) is 0 Å². The summed E-state index contributed by atoms with van der Waals surface area (Å²) in [7, 11) is 0. The average molecular weight is 356 g/mol. The van der Waals surface area contributed by atoms with Gasteiger partial charge in [-0.2, -0.15) is 9.78 Å². The minimum absolute atomic E-state index is 0.326. The SMILES string of the molecule is Cc1ccc(-c2cnc(N)n2N=Cc2ccc(-c3cccc(C)c3)o2)cc1. The van der Waals surface area contributed by atoms with E-state index >= 15 is 0 Å². The topological polar surface area (TPSA) is 69.3 Å². The molecule has 0 aliphatic heterocycles. The lowest BCUT2D eigenvalue weighted by Crippen LogP contribution is -1.99. The summed E-state index contributed by atoms with van der Waals surface area (Å²) in [6.07, 6.45) is 3.37. The molecule has 0 aliphatic rings. The molecule has 4 rings (SSSR count). The summed E-state index contributed by atoms with van der Waals surface area (Å²) in [6.45, 7) is 4.11. The number of aromatic nitrogens is 2. The molecule has 134 valence electrons. The maximum atomic E-state index is 5.99. The Balaban J connectivity index is 1.63. The maximum absolute atomic E-state index is 5.99. The van der Waals surface area contributed by atoms with Gasteiger partial charge in [0.2, 0.25) is 5.95 Å². The molecule has 2 aromatic carbocycles. The van der Waals surface area contributed by atoms with Gasteiger partial charge in [-0.1, -0.05) is 53.6 Å². The highest BCUT2D eigenvalue weighted by molar-refractivity contribution is 5.78. The number of benzene rings is 2. The number of imidazole rings is 1. The van der Waals surface area contributed by atoms with Crippen molar-refractivity contribution in [2.75, 3.05) is 5.73 Å². The van der Waals surface area contributed by atoms with Gasteiger partial charge in [-0.3, -0.25) is 0 Å². The molecule has 0 aliphatic carbocycles. The number of furan rings is 1. The van der Waals surface area contributed by atoms with E-state index in [-0.39, 0.29) is 0 Å². The van der Waals surface area contributed by atoms with Gasteiger partial charge in [0.1, 0.15) is 11.5 Å². The van der Waals surface area contributed by atoms with Crippen molar-refractivity contribution in [3.63, 3.8) is 0 Å². The highest BCUT2D eigenvalue weighted by atomic mass is 16.3. The van der Waals surface area contributed by atoms with Gasteiger partial charge in [0.15, 0.2) is 0 Å². The molecule has 27 heavy (non-hydrogen) atoms. The molecule has 5 heteroatoms. The highest BCUT2D eigenvalue weighted by Crippen LogP contribution is 2.24. The fourth-order valence-electron chi connectivity index (χ4n) is 2.89. The Morgan fingerprint density at radius 2 is 1.78 bits per heavy atom. The molecule has 0 spiro atoms. The zero-order valence-corrected chi connectivity index (χ0v) is 15.3. The summed E-state index contributed by atoms with van der Waals surface area (Å²) < 4.78 is 7.51. The quantitative estimate of drug-likeness (QED) is 0.529. The van der Waals surface area contributed by atoms with Gasteiger partial charge >= 0.3 is 0 Å². The zero-order chi connectivity index (χ0) is 18.8. The summed E-state index contributed by atoms with van der Waals surface area (Å²) in [5.74, 6) is 1.78. The molecular formula is C22H20N4O. The summed E-state index contributed by atoms with van der Waals surface area (Å²) in [6, 6.07) is 20.2. The summed E-state index contributed by atoms with van der Waals surface area (Å²) in [5.41, 5.74) is 11.2. The molecule has 5 nitrogen and oxygen atoms in total. The minimum Gasteiger partial charge on any atom is -0.455 e. The fourth-order valence-corrected chi connectivity index (χ4v) is 2.89. The van der Waals surface area contributed by atoms with E-state index in [1.54, 1.807) is 17.1 Å². The van der Waals surface area contributed by atoms with Crippen molar-refractivity contribution in [3.05, 3.63) is 83.7 Å². The van der Waals surface area contributed by atoms with Crippen LogP contribution in [0.4, 0.5) is 5.95 Å². The second kappa shape index (κ2) is 6.96. The van der Waals surface area contributed by atoms with Gasteiger partial charge in [0.05, 0.1) is 18.1 Å². The van der Waals surface area contributed by atoms with Crippen LogP contribution in [-0.2, 0) is 0 Å². The highest BCUT2D eigenvalue weighted by Gasteiger charge is 2.09. The lowest BCUT2D eigenvalue weighted by Gasteiger charge is -2.04. The fraction of sp³-hybridized carbons (Fsp3) is 0.0909. The van der Waals surface area contributed by atoms with Crippen molar-refractivity contribution in [2.45, 2.75) is 13.8 Å². The monoisotopic (exact) mass is 356 g/mol. The van der Waals surface area contributed by atoms with E-state index in [1.807, 2.05) is 48.5 Å². The molecule has 4 aromatic rings. The van der Waals surface area contributed by atoms with E-state index in [9.17, 15) is 0 Å². The Hall–Kier alpha value is -3.60. The zero-order valence-electron chi connectivity index (χ0n) is 15.3. The predicted octanol–water partition coefficient (Wildman–Crippen LogP) is 4.89. The van der Waals surface area contributed by atoms with Gasteiger partial charge in [-0.25, -0.2) is 4.98 Å². The van der Waals surface area contributed by atoms with Crippen LogP contribution in [0.1, 0.15) is 16.9 Å². The van der Waals surface area contributed by atoms with Crippen LogP contribution in [0.25, 0.3) is 22.6 Å². The van der Waals surface area contributed by atoms with Crippen molar-refractivity contribution in [1.29, 1.82) is 0 Å². The Labute approximate surface area is 157 Å². The lowest BCUT2D eigenvalue weighted by molar-refractivity contribution is 0.574. The average Bonchev–Trinajstić information content (AvgIpc) is 3.28. The van der Waals surface area contributed by atoms with Crippen LogP contribution in [0.3, 0.4) is 0 Å². The predicted molar refractivity (Wildman–Crippen MR) is 109 cm³/mol. The molecule has 0 saturated carbocycles. The smallest absolute Gasteiger partial charge is 0.221 e. The summed E-state index contributed by atoms with van der Waals surface area (Å²) >= 11 is 0. The summed E-state index contributed by atoms with van der Waals surface area (Å²) in [5, 5.41) is 4.47. The Morgan fingerprint density at radius 3 is 2.56 bits per heavy atom. The number of nitrogens with two attached hydrogens (primary N) is 1. The Kier molecular flexibility index (Phi) is 4.34. The first-order valence-electron chi connectivity index (χ1n) is 8.71. The van der Waals surface area contributed by atoms with Crippen molar-refractivity contribution >= 4 is 12.2 Å². The van der Waals surface area contributed by atoms with E-state index in [2.05, 4.69) is 36.1 Å². The molecule has 2 heterocycles. The number of anilines is 1. The number of hydrogen-bond acceptors (Lipinski definition) is 4. The lowest BCUT2D eigenvalue weighted by atomic mass is 10.1. The second-order valence-electron chi connectivity index (χ2n) is 6.50. The molecular weight excluding hydrogens is 336 g/mol. The molecule has 0 atom stereocenters. The molecule has 0 radical (unpaired) electrons. The van der Waals surface area contributed by atoms with Gasteiger partial charge in [0.25, 0.3) is 0 Å². The Morgan fingerprint density at radius 1 is 0.963 bits per heavy atom. The first kappa shape index (κ1) is 16.8. The minimum atomic E-state index is 0.326. The van der Waals surface area contributed by atoms with Gasteiger partial charge in [0, 0.05) is 11.1 Å². The van der Waals surface area contributed by atoms with Crippen LogP contribution in [0, 0.1) is 13.8 Å². The molecule has 0 saturated heterocycles. The van der Waals surface area contributed by atoms with E-state index in [4.69, 9.17) is 10.2 Å². The normalized spacial score (nSPS) is 11.3. The van der Waals surface area contributed by atoms with E-state index in [0.717, 1.165) is 22.6 Å². The van der Waals surface area contributed by atoms with E-state index < -0.39 is 0 Å². The van der Waals surface area contributed by atoms with Crippen LogP contribution >= 0.6 is 0 Å². The number of rotatable bonds is 4. The third-order valence-electron chi connectivity index (χ3n) is 4.34. The molecule has 2 aromatic heterocycles. The van der Waals surface area contributed by atoms with E-state index in [0.29, 0.717) is 11.7 Å². The molecule has 0 fully saturated rings.